The average Bonchev–Trinajstić information content (AvgIpc) is 2.97. The first-order valence-corrected chi connectivity index (χ1v) is 8.41. The molecule has 2 unspecified atom stereocenters. The predicted octanol–water partition coefficient (Wildman–Crippen LogP) is 0.940. The molecular weight excluding hydrogens is 315 g/mol. The largest absolute Gasteiger partial charge is 0.355 e. The van der Waals surface area contributed by atoms with E-state index in [0.29, 0.717) is 18.4 Å². The zero-order chi connectivity index (χ0) is 16.3. The van der Waals surface area contributed by atoms with Crippen molar-refractivity contribution in [1.82, 2.24) is 9.55 Å². The van der Waals surface area contributed by atoms with Gasteiger partial charge >= 0.3 is 13.3 Å². The lowest BCUT2D eigenvalue weighted by Gasteiger charge is -2.18. The number of nitrogens with zero attached hydrogens (tertiary/aromatic N) is 1. The summed E-state index contributed by atoms with van der Waals surface area (Å²) >= 11 is 0. The third kappa shape index (κ3) is 3.74. The second-order valence-electron chi connectivity index (χ2n) is 4.85. The molecule has 124 valence electrons. The molecule has 0 spiro atoms. The predicted molar refractivity (Wildman–Crippen MR) is 76.8 cm³/mol. The van der Waals surface area contributed by atoms with Gasteiger partial charge in [-0.1, -0.05) is 0 Å². The summed E-state index contributed by atoms with van der Waals surface area (Å²) in [6.45, 7) is 1.60. The average molecular weight is 334 g/mol. The van der Waals surface area contributed by atoms with Crippen LogP contribution < -0.4 is 11.2 Å². The number of hydrogen-bond donors (Lipinski definition) is 1. The minimum Gasteiger partial charge on any atom is -0.340 e. The normalized spacial score (nSPS) is 22.1. The van der Waals surface area contributed by atoms with Crippen molar-refractivity contribution in [2.45, 2.75) is 32.3 Å². The lowest BCUT2D eigenvalue weighted by Crippen LogP contribution is -2.33. The highest BCUT2D eigenvalue weighted by atomic mass is 31.2. The van der Waals surface area contributed by atoms with Gasteiger partial charge in [0.15, 0.2) is 12.6 Å². The van der Waals surface area contributed by atoms with E-state index in [9.17, 15) is 14.2 Å². The highest BCUT2D eigenvalue weighted by Gasteiger charge is 2.31. The van der Waals surface area contributed by atoms with Crippen LogP contribution in [0.5, 0.6) is 0 Å². The third-order valence-electron chi connectivity index (χ3n) is 3.39. The SMILES string of the molecule is COP(=O)(COC1CCC(n2cc(C)c(=O)[nH]c2=O)O1)OC. The van der Waals surface area contributed by atoms with Crippen LogP contribution in [0.25, 0.3) is 0 Å². The van der Waals surface area contributed by atoms with Gasteiger partial charge in [0.2, 0.25) is 0 Å². The van der Waals surface area contributed by atoms with E-state index in [-0.39, 0.29) is 6.35 Å². The fourth-order valence-electron chi connectivity index (χ4n) is 2.07. The van der Waals surface area contributed by atoms with Gasteiger partial charge in [-0.25, -0.2) is 4.79 Å². The number of ether oxygens (including phenoxy) is 2. The smallest absolute Gasteiger partial charge is 0.340 e. The van der Waals surface area contributed by atoms with Crippen LogP contribution in [-0.4, -0.2) is 36.4 Å². The van der Waals surface area contributed by atoms with Gasteiger partial charge in [0.05, 0.1) is 0 Å². The minimum atomic E-state index is -3.27. The van der Waals surface area contributed by atoms with Crippen molar-refractivity contribution >= 4 is 7.60 Å². The number of nitrogens with one attached hydrogen (secondary N) is 1. The number of rotatable bonds is 6. The second kappa shape index (κ2) is 6.89. The van der Waals surface area contributed by atoms with Crippen LogP contribution in [0.15, 0.2) is 15.8 Å². The van der Waals surface area contributed by atoms with Crippen molar-refractivity contribution in [2.24, 2.45) is 0 Å². The molecule has 2 atom stereocenters. The first-order chi connectivity index (χ1) is 10.4. The zero-order valence-corrected chi connectivity index (χ0v) is 13.5. The zero-order valence-electron chi connectivity index (χ0n) is 12.6. The fourth-order valence-corrected chi connectivity index (χ4v) is 2.78. The van der Waals surface area contributed by atoms with E-state index < -0.39 is 31.4 Å². The maximum absolute atomic E-state index is 11.9. The van der Waals surface area contributed by atoms with Gasteiger partial charge in [-0.05, 0) is 13.3 Å². The van der Waals surface area contributed by atoms with Crippen molar-refractivity contribution in [1.29, 1.82) is 0 Å². The molecule has 1 aliphatic rings. The summed E-state index contributed by atoms with van der Waals surface area (Å²) in [5.41, 5.74) is -0.551. The standard InChI is InChI=1S/C12H19N2O7P/c1-8-6-14(12(16)13-11(8)15)9-4-5-10(21-9)20-7-22(17,18-2)19-3/h6,9-10H,4-5,7H2,1-3H3,(H,13,15,16). The van der Waals surface area contributed by atoms with Gasteiger partial charge < -0.3 is 18.5 Å². The Bertz CT molecular complexity index is 675. The van der Waals surface area contributed by atoms with Crippen LogP contribution >= 0.6 is 7.60 Å². The Morgan fingerprint density at radius 3 is 2.68 bits per heavy atom. The van der Waals surface area contributed by atoms with Gasteiger partial charge in [-0.2, -0.15) is 0 Å². The highest BCUT2D eigenvalue weighted by Crippen LogP contribution is 2.47. The summed E-state index contributed by atoms with van der Waals surface area (Å²) in [4.78, 5) is 25.4. The summed E-state index contributed by atoms with van der Waals surface area (Å²) in [6.07, 6.45) is 1.09. The molecular formula is C12H19N2O7P. The number of hydrogen-bond acceptors (Lipinski definition) is 7. The lowest BCUT2D eigenvalue weighted by atomic mass is 10.3. The molecule has 0 saturated carbocycles. The van der Waals surface area contributed by atoms with Gasteiger partial charge in [-0.15, -0.1) is 0 Å². The van der Waals surface area contributed by atoms with E-state index in [1.807, 2.05) is 0 Å². The number of H-pyrrole nitrogens is 1. The van der Waals surface area contributed by atoms with Gasteiger partial charge in [-0.3, -0.25) is 18.9 Å². The van der Waals surface area contributed by atoms with Crippen LogP contribution in [0.1, 0.15) is 24.6 Å². The monoisotopic (exact) mass is 334 g/mol. The Hall–Kier alpha value is -1.25. The number of aryl methyl sites for hydroxylation is 1. The molecule has 10 heteroatoms. The van der Waals surface area contributed by atoms with Crippen molar-refractivity contribution in [3.63, 3.8) is 0 Å². The number of aromatic nitrogens is 2. The van der Waals surface area contributed by atoms with E-state index in [4.69, 9.17) is 18.5 Å². The molecule has 1 saturated heterocycles. The van der Waals surface area contributed by atoms with Crippen LogP contribution in [-0.2, 0) is 23.1 Å². The molecule has 22 heavy (non-hydrogen) atoms. The molecule has 9 nitrogen and oxygen atoms in total. The van der Waals surface area contributed by atoms with Crippen LogP contribution in [0, 0.1) is 6.92 Å². The third-order valence-corrected chi connectivity index (χ3v) is 4.97. The van der Waals surface area contributed by atoms with Crippen molar-refractivity contribution in [3.8, 4) is 0 Å². The molecule has 0 aromatic carbocycles. The molecule has 1 aliphatic heterocycles. The Morgan fingerprint density at radius 2 is 2.05 bits per heavy atom. The molecule has 1 fully saturated rings. The first-order valence-electron chi connectivity index (χ1n) is 6.68. The van der Waals surface area contributed by atoms with Gasteiger partial charge in [0.1, 0.15) is 6.23 Å². The molecule has 1 aromatic heterocycles. The quantitative estimate of drug-likeness (QED) is 0.771. The molecule has 0 bridgehead atoms. The number of aromatic amines is 1. The molecule has 0 aliphatic carbocycles. The van der Waals surface area contributed by atoms with E-state index in [1.54, 1.807) is 6.92 Å². The lowest BCUT2D eigenvalue weighted by molar-refractivity contribution is -0.142. The molecule has 2 heterocycles. The summed E-state index contributed by atoms with van der Waals surface area (Å²) in [7, 11) is -0.723. The maximum atomic E-state index is 11.9. The summed E-state index contributed by atoms with van der Waals surface area (Å²) in [5, 5.41) is 0. The maximum Gasteiger partial charge on any atom is 0.355 e. The van der Waals surface area contributed by atoms with E-state index in [2.05, 4.69) is 4.98 Å². The van der Waals surface area contributed by atoms with Crippen LogP contribution in [0.2, 0.25) is 0 Å². The Balaban J connectivity index is 2.02. The van der Waals surface area contributed by atoms with E-state index in [0.717, 1.165) is 0 Å². The molecule has 0 radical (unpaired) electrons. The topological polar surface area (TPSA) is 109 Å². The Kier molecular flexibility index (Phi) is 5.36. The van der Waals surface area contributed by atoms with Crippen molar-refractivity contribution in [3.05, 3.63) is 32.6 Å². The van der Waals surface area contributed by atoms with E-state index in [1.165, 1.54) is 25.0 Å². The second-order valence-corrected chi connectivity index (χ2v) is 7.06. The Labute approximate surface area is 126 Å². The van der Waals surface area contributed by atoms with Gasteiger partial charge in [0, 0.05) is 32.4 Å². The van der Waals surface area contributed by atoms with Crippen LogP contribution in [0.3, 0.4) is 0 Å². The highest BCUT2D eigenvalue weighted by molar-refractivity contribution is 7.53. The van der Waals surface area contributed by atoms with Gasteiger partial charge in [0.25, 0.3) is 5.56 Å². The van der Waals surface area contributed by atoms with E-state index >= 15 is 0 Å². The fraction of sp³-hybridized carbons (Fsp3) is 0.667. The molecule has 2 rings (SSSR count). The van der Waals surface area contributed by atoms with Crippen LogP contribution in [0.4, 0.5) is 0 Å². The molecule has 1 aromatic rings. The molecule has 1 N–H and O–H groups in total. The summed E-state index contributed by atoms with van der Waals surface area (Å²) < 4.78 is 33.7. The van der Waals surface area contributed by atoms with Crippen molar-refractivity contribution in [2.75, 3.05) is 20.6 Å². The Morgan fingerprint density at radius 1 is 1.36 bits per heavy atom. The molecule has 0 amide bonds. The van der Waals surface area contributed by atoms with Crippen molar-refractivity contribution < 1.29 is 23.1 Å². The minimum absolute atomic E-state index is 0.239. The summed E-state index contributed by atoms with van der Waals surface area (Å²) in [5.74, 6) is 0. The summed E-state index contributed by atoms with van der Waals surface area (Å²) in [6, 6.07) is 0. The first kappa shape index (κ1) is 17.1.